The normalized spacial score (nSPS) is 23.3. The first-order valence-corrected chi connectivity index (χ1v) is 11.9. The molecule has 0 saturated heterocycles. The van der Waals surface area contributed by atoms with Gasteiger partial charge < -0.3 is 9.47 Å². The van der Waals surface area contributed by atoms with Gasteiger partial charge in [0.25, 0.3) is 0 Å². The van der Waals surface area contributed by atoms with E-state index in [0.717, 1.165) is 56.6 Å². The summed E-state index contributed by atoms with van der Waals surface area (Å²) in [7, 11) is -1.69. The molecule has 0 aromatic carbocycles. The molecule has 0 N–H and O–H groups in total. The average molecular weight is 397 g/mol. The molecular weight excluding hydrogens is 364 g/mol. The lowest BCUT2D eigenvalue weighted by Crippen LogP contribution is -2.47. The van der Waals surface area contributed by atoms with Crippen molar-refractivity contribution in [3.63, 3.8) is 0 Å². The molecule has 1 saturated carbocycles. The number of aromatic nitrogens is 2. The molecule has 2 aliphatic rings. The van der Waals surface area contributed by atoms with Crippen molar-refractivity contribution in [2.75, 3.05) is 19.8 Å². The van der Waals surface area contributed by atoms with Gasteiger partial charge in [-0.1, -0.05) is 19.8 Å². The molecule has 27 heavy (non-hydrogen) atoms. The summed E-state index contributed by atoms with van der Waals surface area (Å²) >= 11 is 0. The predicted molar refractivity (Wildman–Crippen MR) is 105 cm³/mol. The number of aryl methyl sites for hydroxylation is 2. The van der Waals surface area contributed by atoms with Crippen LogP contribution in [0.3, 0.4) is 0 Å². The molecule has 1 aliphatic heterocycles. The quantitative estimate of drug-likeness (QED) is 0.737. The fourth-order valence-electron chi connectivity index (χ4n) is 4.34. The van der Waals surface area contributed by atoms with Gasteiger partial charge >= 0.3 is 0 Å². The standard InChI is InChI=1S/C19H32N4O3S/c1-15-8-4-5-9-17(15)21(2)19(24)14-23(27(3,25)26)13-16-12-22-11-7-6-10-18(22)20-16/h12,15,17H,4-11,13-14H2,1-3H3/t15-,17-/m0/s1. The number of carbonyl (C=O) groups excluding carboxylic acids is 1. The molecule has 1 aliphatic carbocycles. The van der Waals surface area contributed by atoms with E-state index >= 15 is 0 Å². The monoisotopic (exact) mass is 396 g/mol. The summed E-state index contributed by atoms with van der Waals surface area (Å²) in [6, 6.07) is 0.201. The van der Waals surface area contributed by atoms with E-state index in [1.165, 1.54) is 17.0 Å². The van der Waals surface area contributed by atoms with Gasteiger partial charge in [0.15, 0.2) is 0 Å². The number of hydrogen-bond donors (Lipinski definition) is 0. The van der Waals surface area contributed by atoms with Crippen LogP contribution in [0.1, 0.15) is 57.0 Å². The van der Waals surface area contributed by atoms with Crippen LogP contribution in [-0.4, -0.2) is 59.0 Å². The molecule has 1 aromatic rings. The van der Waals surface area contributed by atoms with Gasteiger partial charge in [0.1, 0.15) is 5.82 Å². The number of imidazole rings is 1. The van der Waals surface area contributed by atoms with E-state index in [0.29, 0.717) is 5.92 Å². The number of likely N-dealkylation sites (N-methyl/N-ethyl adjacent to an activating group) is 1. The summed E-state index contributed by atoms with van der Waals surface area (Å²) in [5.41, 5.74) is 0.721. The zero-order chi connectivity index (χ0) is 19.6. The first-order chi connectivity index (χ1) is 12.8. The number of amides is 1. The smallest absolute Gasteiger partial charge is 0.237 e. The van der Waals surface area contributed by atoms with Crippen molar-refractivity contribution in [1.82, 2.24) is 18.8 Å². The Morgan fingerprint density at radius 3 is 2.67 bits per heavy atom. The van der Waals surface area contributed by atoms with Crippen molar-refractivity contribution in [3.05, 3.63) is 17.7 Å². The second-order valence-corrected chi connectivity index (χ2v) is 10.1. The number of hydrogen-bond acceptors (Lipinski definition) is 4. The van der Waals surface area contributed by atoms with Crippen molar-refractivity contribution in [2.45, 2.75) is 71.0 Å². The second kappa shape index (κ2) is 8.31. The van der Waals surface area contributed by atoms with Crippen LogP contribution in [-0.2, 0) is 34.3 Å². The Kier molecular flexibility index (Phi) is 6.25. The van der Waals surface area contributed by atoms with Crippen LogP contribution in [0.5, 0.6) is 0 Å². The molecule has 8 heteroatoms. The van der Waals surface area contributed by atoms with E-state index in [9.17, 15) is 13.2 Å². The lowest BCUT2D eigenvalue weighted by molar-refractivity contribution is -0.133. The van der Waals surface area contributed by atoms with Gasteiger partial charge in [0.2, 0.25) is 15.9 Å². The van der Waals surface area contributed by atoms with Gasteiger partial charge in [-0.25, -0.2) is 13.4 Å². The van der Waals surface area contributed by atoms with Crippen molar-refractivity contribution >= 4 is 15.9 Å². The molecule has 1 amide bonds. The lowest BCUT2D eigenvalue weighted by Gasteiger charge is -2.37. The Balaban J connectivity index is 1.69. The topological polar surface area (TPSA) is 75.5 Å². The van der Waals surface area contributed by atoms with Crippen LogP contribution in [0.15, 0.2) is 6.20 Å². The minimum absolute atomic E-state index is 0.124. The molecule has 0 radical (unpaired) electrons. The molecule has 0 spiro atoms. The highest BCUT2D eigenvalue weighted by atomic mass is 32.2. The summed E-state index contributed by atoms with van der Waals surface area (Å²) < 4.78 is 28.0. The van der Waals surface area contributed by atoms with Crippen molar-refractivity contribution in [2.24, 2.45) is 5.92 Å². The van der Waals surface area contributed by atoms with E-state index in [1.807, 2.05) is 13.2 Å². The minimum Gasteiger partial charge on any atom is -0.341 e. The fraction of sp³-hybridized carbons (Fsp3) is 0.789. The van der Waals surface area contributed by atoms with Crippen molar-refractivity contribution in [1.29, 1.82) is 0 Å². The first kappa shape index (κ1) is 20.3. The van der Waals surface area contributed by atoms with Gasteiger partial charge in [0.05, 0.1) is 25.0 Å². The van der Waals surface area contributed by atoms with E-state index in [1.54, 1.807) is 4.90 Å². The highest BCUT2D eigenvalue weighted by Gasteiger charge is 2.30. The van der Waals surface area contributed by atoms with E-state index in [-0.39, 0.29) is 25.0 Å². The van der Waals surface area contributed by atoms with E-state index in [2.05, 4.69) is 16.5 Å². The molecule has 2 atom stereocenters. The summed E-state index contributed by atoms with van der Waals surface area (Å²) in [4.78, 5) is 19.2. The van der Waals surface area contributed by atoms with Gasteiger partial charge in [-0.05, 0) is 31.6 Å². The zero-order valence-electron chi connectivity index (χ0n) is 16.7. The third-order valence-electron chi connectivity index (χ3n) is 6.03. The summed E-state index contributed by atoms with van der Waals surface area (Å²) in [5, 5.41) is 0. The predicted octanol–water partition coefficient (Wildman–Crippen LogP) is 2.02. The van der Waals surface area contributed by atoms with Crippen LogP contribution in [0, 0.1) is 5.92 Å². The Bertz CT molecular complexity index is 750. The maximum atomic E-state index is 12.8. The highest BCUT2D eigenvalue weighted by molar-refractivity contribution is 7.88. The average Bonchev–Trinajstić information content (AvgIpc) is 3.02. The lowest BCUT2D eigenvalue weighted by atomic mass is 9.85. The molecule has 1 fully saturated rings. The SMILES string of the molecule is C[C@H]1CCCC[C@@H]1N(C)C(=O)CN(Cc1cn2c(n1)CCCC2)S(C)(=O)=O. The van der Waals surface area contributed by atoms with Crippen LogP contribution in [0.4, 0.5) is 0 Å². The zero-order valence-corrected chi connectivity index (χ0v) is 17.5. The molecule has 7 nitrogen and oxygen atoms in total. The summed E-state index contributed by atoms with van der Waals surface area (Å²) in [6.07, 6.45) is 10.7. The van der Waals surface area contributed by atoms with Crippen LogP contribution < -0.4 is 0 Å². The van der Waals surface area contributed by atoms with Crippen LogP contribution >= 0.6 is 0 Å². The molecule has 152 valence electrons. The third-order valence-corrected chi connectivity index (χ3v) is 7.23. The molecule has 0 unspecified atom stereocenters. The van der Waals surface area contributed by atoms with Crippen molar-refractivity contribution in [3.8, 4) is 0 Å². The number of sulfonamides is 1. The Morgan fingerprint density at radius 2 is 2.00 bits per heavy atom. The Morgan fingerprint density at radius 1 is 1.26 bits per heavy atom. The number of fused-ring (bicyclic) bond motifs is 1. The molecule has 1 aromatic heterocycles. The van der Waals surface area contributed by atoms with Gasteiger partial charge in [-0.3, -0.25) is 4.79 Å². The second-order valence-electron chi connectivity index (χ2n) is 8.16. The van der Waals surface area contributed by atoms with Gasteiger partial charge in [-0.15, -0.1) is 0 Å². The Labute approximate surface area is 162 Å². The van der Waals surface area contributed by atoms with Gasteiger partial charge in [0, 0.05) is 32.3 Å². The van der Waals surface area contributed by atoms with E-state index in [4.69, 9.17) is 0 Å². The maximum Gasteiger partial charge on any atom is 0.237 e. The Hall–Kier alpha value is -1.41. The third kappa shape index (κ3) is 4.90. The fourth-order valence-corrected chi connectivity index (χ4v) is 5.05. The summed E-state index contributed by atoms with van der Waals surface area (Å²) in [6.45, 7) is 3.14. The number of nitrogens with zero attached hydrogens (tertiary/aromatic N) is 4. The molecular formula is C19H32N4O3S. The van der Waals surface area contributed by atoms with Crippen LogP contribution in [0.2, 0.25) is 0 Å². The molecule has 0 bridgehead atoms. The minimum atomic E-state index is -3.50. The first-order valence-electron chi connectivity index (χ1n) is 10.0. The maximum absolute atomic E-state index is 12.8. The van der Waals surface area contributed by atoms with E-state index < -0.39 is 10.0 Å². The number of carbonyl (C=O) groups is 1. The molecule has 2 heterocycles. The molecule has 3 rings (SSSR count). The largest absolute Gasteiger partial charge is 0.341 e. The van der Waals surface area contributed by atoms with Crippen LogP contribution in [0.25, 0.3) is 0 Å². The van der Waals surface area contributed by atoms with Crippen molar-refractivity contribution < 1.29 is 13.2 Å². The number of rotatable bonds is 6. The summed E-state index contributed by atoms with van der Waals surface area (Å²) in [5.74, 6) is 1.34. The van der Waals surface area contributed by atoms with Gasteiger partial charge in [-0.2, -0.15) is 4.31 Å². The highest BCUT2D eigenvalue weighted by Crippen LogP contribution is 2.27.